The maximum atomic E-state index is 11.6. The number of ether oxygens (including phenoxy) is 2. The summed E-state index contributed by atoms with van der Waals surface area (Å²) in [5.41, 5.74) is 0. The standard InChI is InChI=1S/C20H40O2.C12H24O2/c1-3-5-7-9-11-13-15-17-19-22-20(21)18-16-14-12-10-8-6-4-2;1-3-5-6-7-8-9-10-11-12(13)14-4-2/h3-19H2,1-2H3;3-11H2,1-2H3. The fourth-order valence-corrected chi connectivity index (χ4v) is 4.18. The van der Waals surface area contributed by atoms with E-state index in [4.69, 9.17) is 9.47 Å². The van der Waals surface area contributed by atoms with Crippen LogP contribution in [0.1, 0.15) is 182 Å². The van der Waals surface area contributed by atoms with Crippen molar-refractivity contribution in [1.82, 2.24) is 0 Å². The van der Waals surface area contributed by atoms with Gasteiger partial charge in [0.25, 0.3) is 0 Å². The molecular weight excluding hydrogens is 448 g/mol. The summed E-state index contributed by atoms with van der Waals surface area (Å²) in [5, 5.41) is 0. The van der Waals surface area contributed by atoms with Crippen molar-refractivity contribution in [3.05, 3.63) is 0 Å². The van der Waals surface area contributed by atoms with Gasteiger partial charge in [0.2, 0.25) is 0 Å². The van der Waals surface area contributed by atoms with Crippen molar-refractivity contribution in [2.24, 2.45) is 0 Å². The molecule has 0 aromatic rings. The van der Waals surface area contributed by atoms with Crippen LogP contribution >= 0.6 is 0 Å². The summed E-state index contributed by atoms with van der Waals surface area (Å²) in [6.07, 6.45) is 29.0. The molecule has 0 aromatic carbocycles. The molecule has 0 aliphatic carbocycles. The van der Waals surface area contributed by atoms with Crippen molar-refractivity contribution < 1.29 is 19.1 Å². The maximum Gasteiger partial charge on any atom is 0.305 e. The predicted molar refractivity (Wildman–Crippen MR) is 155 cm³/mol. The number of rotatable bonds is 26. The number of hydrogen-bond acceptors (Lipinski definition) is 4. The van der Waals surface area contributed by atoms with Gasteiger partial charge in [-0.15, -0.1) is 0 Å². The first-order chi connectivity index (χ1) is 17.6. The van der Waals surface area contributed by atoms with Crippen LogP contribution in [-0.2, 0) is 19.1 Å². The third-order valence-corrected chi connectivity index (χ3v) is 6.54. The van der Waals surface area contributed by atoms with E-state index >= 15 is 0 Å². The summed E-state index contributed by atoms with van der Waals surface area (Å²) >= 11 is 0. The molecule has 0 N–H and O–H groups in total. The molecule has 4 nitrogen and oxygen atoms in total. The maximum absolute atomic E-state index is 11.6. The van der Waals surface area contributed by atoms with Gasteiger partial charge >= 0.3 is 11.9 Å². The lowest BCUT2D eigenvalue weighted by atomic mass is 10.1. The Bertz CT molecular complexity index is 436. The molecular formula is C32H64O4. The molecule has 0 saturated heterocycles. The molecule has 0 aliphatic heterocycles. The van der Waals surface area contributed by atoms with Crippen LogP contribution in [0.4, 0.5) is 0 Å². The summed E-state index contributed by atoms with van der Waals surface area (Å²) in [7, 11) is 0. The van der Waals surface area contributed by atoms with Gasteiger partial charge in [-0.3, -0.25) is 9.59 Å². The highest BCUT2D eigenvalue weighted by molar-refractivity contribution is 5.69. The topological polar surface area (TPSA) is 52.6 Å². The van der Waals surface area contributed by atoms with Crippen molar-refractivity contribution in [2.75, 3.05) is 13.2 Å². The molecule has 0 saturated carbocycles. The van der Waals surface area contributed by atoms with Crippen LogP contribution in [0.25, 0.3) is 0 Å². The van der Waals surface area contributed by atoms with Gasteiger partial charge in [-0.2, -0.15) is 0 Å². The highest BCUT2D eigenvalue weighted by Gasteiger charge is 2.02. The minimum atomic E-state index is -0.0407. The van der Waals surface area contributed by atoms with Crippen LogP contribution in [-0.4, -0.2) is 25.2 Å². The van der Waals surface area contributed by atoms with Crippen LogP contribution < -0.4 is 0 Å². The molecule has 4 heteroatoms. The number of esters is 2. The molecule has 0 spiro atoms. The van der Waals surface area contributed by atoms with E-state index in [-0.39, 0.29) is 11.9 Å². The Hall–Kier alpha value is -1.06. The number of hydrogen-bond donors (Lipinski definition) is 0. The molecule has 0 aliphatic rings. The van der Waals surface area contributed by atoms with Crippen molar-refractivity contribution >= 4 is 11.9 Å². The highest BCUT2D eigenvalue weighted by Crippen LogP contribution is 2.11. The van der Waals surface area contributed by atoms with E-state index in [9.17, 15) is 9.59 Å². The fourth-order valence-electron chi connectivity index (χ4n) is 4.18. The SMILES string of the molecule is CCCCCCCCCC(=O)OCC.CCCCCCCCCCOC(=O)CCCCCCCCC. The summed E-state index contributed by atoms with van der Waals surface area (Å²) in [6.45, 7) is 9.70. The summed E-state index contributed by atoms with van der Waals surface area (Å²) in [6, 6.07) is 0. The second-order valence-corrected chi connectivity index (χ2v) is 10.2. The average Bonchev–Trinajstić information content (AvgIpc) is 2.87. The molecule has 216 valence electrons. The Balaban J connectivity index is 0. The molecule has 0 fully saturated rings. The monoisotopic (exact) mass is 512 g/mol. The van der Waals surface area contributed by atoms with Gasteiger partial charge in [0, 0.05) is 12.8 Å². The number of unbranched alkanes of at least 4 members (excludes halogenated alkanes) is 19. The van der Waals surface area contributed by atoms with Crippen LogP contribution in [0.15, 0.2) is 0 Å². The van der Waals surface area contributed by atoms with E-state index in [0.29, 0.717) is 26.1 Å². The first kappa shape index (κ1) is 37.1. The molecule has 0 rings (SSSR count). The summed E-state index contributed by atoms with van der Waals surface area (Å²) in [5.74, 6) is -0.0300. The molecule has 0 heterocycles. The molecule has 36 heavy (non-hydrogen) atoms. The second-order valence-electron chi connectivity index (χ2n) is 10.2. The molecule has 0 bridgehead atoms. The lowest BCUT2D eigenvalue weighted by Crippen LogP contribution is -2.05. The normalized spacial score (nSPS) is 10.6. The minimum absolute atomic E-state index is 0.0107. The lowest BCUT2D eigenvalue weighted by Gasteiger charge is -2.05. The number of carbonyl (C=O) groups is 2. The van der Waals surface area contributed by atoms with E-state index in [1.165, 1.54) is 122 Å². The zero-order chi connectivity index (χ0) is 27.0. The smallest absolute Gasteiger partial charge is 0.305 e. The van der Waals surface area contributed by atoms with Gasteiger partial charge in [-0.25, -0.2) is 0 Å². The quantitative estimate of drug-likeness (QED) is 0.0854. The third-order valence-electron chi connectivity index (χ3n) is 6.54. The first-order valence-corrected chi connectivity index (χ1v) is 15.9. The Labute approximate surface area is 226 Å². The molecule has 0 atom stereocenters. The van der Waals surface area contributed by atoms with Crippen LogP contribution in [0, 0.1) is 0 Å². The van der Waals surface area contributed by atoms with E-state index in [0.717, 1.165) is 19.3 Å². The average molecular weight is 513 g/mol. The first-order valence-electron chi connectivity index (χ1n) is 15.9. The molecule has 0 amide bonds. The highest BCUT2D eigenvalue weighted by atomic mass is 16.5. The fraction of sp³-hybridized carbons (Fsp3) is 0.938. The van der Waals surface area contributed by atoms with Gasteiger partial charge in [0.15, 0.2) is 0 Å². The summed E-state index contributed by atoms with van der Waals surface area (Å²) in [4.78, 5) is 22.5. The van der Waals surface area contributed by atoms with E-state index in [2.05, 4.69) is 20.8 Å². The van der Waals surface area contributed by atoms with Crippen LogP contribution in [0.3, 0.4) is 0 Å². The summed E-state index contributed by atoms with van der Waals surface area (Å²) < 4.78 is 10.1. The number of carbonyl (C=O) groups excluding carboxylic acids is 2. The van der Waals surface area contributed by atoms with Gasteiger partial charge in [0.1, 0.15) is 0 Å². The lowest BCUT2D eigenvalue weighted by molar-refractivity contribution is -0.144. The molecule has 0 unspecified atom stereocenters. The van der Waals surface area contributed by atoms with Crippen molar-refractivity contribution in [3.63, 3.8) is 0 Å². The van der Waals surface area contributed by atoms with Crippen molar-refractivity contribution in [1.29, 1.82) is 0 Å². The van der Waals surface area contributed by atoms with Crippen LogP contribution in [0.5, 0.6) is 0 Å². The van der Waals surface area contributed by atoms with Gasteiger partial charge in [-0.05, 0) is 26.2 Å². The Morgan fingerprint density at radius 2 is 0.694 bits per heavy atom. The molecule has 0 aromatic heterocycles. The van der Waals surface area contributed by atoms with Gasteiger partial charge in [-0.1, -0.05) is 143 Å². The zero-order valence-corrected chi connectivity index (χ0v) is 25.0. The van der Waals surface area contributed by atoms with E-state index in [1.807, 2.05) is 6.92 Å². The Morgan fingerprint density at radius 1 is 0.389 bits per heavy atom. The van der Waals surface area contributed by atoms with Crippen LogP contribution in [0.2, 0.25) is 0 Å². The van der Waals surface area contributed by atoms with E-state index in [1.54, 1.807) is 0 Å². The van der Waals surface area contributed by atoms with Crippen molar-refractivity contribution in [3.8, 4) is 0 Å². The zero-order valence-electron chi connectivity index (χ0n) is 25.0. The second kappa shape index (κ2) is 33.9. The van der Waals surface area contributed by atoms with Crippen molar-refractivity contribution in [2.45, 2.75) is 182 Å². The third kappa shape index (κ3) is 35.1. The van der Waals surface area contributed by atoms with Gasteiger partial charge < -0.3 is 9.47 Å². The minimum Gasteiger partial charge on any atom is -0.466 e. The van der Waals surface area contributed by atoms with Gasteiger partial charge in [0.05, 0.1) is 13.2 Å². The largest absolute Gasteiger partial charge is 0.466 e. The predicted octanol–water partition coefficient (Wildman–Crippen LogP) is 10.5. The van der Waals surface area contributed by atoms with E-state index < -0.39 is 0 Å². The Kier molecular flexibility index (Phi) is 35.0. The Morgan fingerprint density at radius 3 is 1.06 bits per heavy atom. The molecule has 0 radical (unpaired) electrons.